The van der Waals surface area contributed by atoms with E-state index in [1.807, 2.05) is 18.2 Å². The van der Waals surface area contributed by atoms with E-state index in [4.69, 9.17) is 9.47 Å². The van der Waals surface area contributed by atoms with Gasteiger partial charge in [-0.2, -0.15) is 0 Å². The molecule has 0 fully saturated rings. The highest BCUT2D eigenvalue weighted by Crippen LogP contribution is 2.25. The van der Waals surface area contributed by atoms with E-state index in [0.717, 1.165) is 50.5 Å². The topological polar surface area (TPSA) is 30.5 Å². The molecule has 0 unspecified atom stereocenters. The molecule has 0 amide bonds. The Morgan fingerprint density at radius 3 is 2.70 bits per heavy atom. The molecule has 0 radical (unpaired) electrons. The van der Waals surface area contributed by atoms with Crippen molar-refractivity contribution in [2.24, 2.45) is 0 Å². The molecular formula is C17H27NO2. The highest BCUT2D eigenvalue weighted by Gasteiger charge is 2.06. The van der Waals surface area contributed by atoms with Crippen molar-refractivity contribution >= 4 is 0 Å². The lowest BCUT2D eigenvalue weighted by Gasteiger charge is -2.14. The van der Waals surface area contributed by atoms with Crippen LogP contribution >= 0.6 is 0 Å². The van der Waals surface area contributed by atoms with Crippen LogP contribution in [0.1, 0.15) is 38.7 Å². The fourth-order valence-corrected chi connectivity index (χ4v) is 1.78. The molecule has 0 aliphatic rings. The van der Waals surface area contributed by atoms with Crippen LogP contribution in [0.15, 0.2) is 30.9 Å². The SMILES string of the molecule is C=CCCOc1cc(OCCC)ccc1CNCCC. The molecule has 0 saturated carbocycles. The Kier molecular flexibility index (Phi) is 8.56. The van der Waals surface area contributed by atoms with Gasteiger partial charge in [0, 0.05) is 18.2 Å². The van der Waals surface area contributed by atoms with Crippen LogP contribution in [0.4, 0.5) is 0 Å². The molecule has 0 aliphatic heterocycles. The van der Waals surface area contributed by atoms with Crippen molar-refractivity contribution < 1.29 is 9.47 Å². The summed E-state index contributed by atoms with van der Waals surface area (Å²) in [7, 11) is 0. The van der Waals surface area contributed by atoms with Gasteiger partial charge in [0.05, 0.1) is 13.2 Å². The second-order valence-corrected chi connectivity index (χ2v) is 4.72. The standard InChI is InChI=1S/C17H27NO2/c1-4-7-12-20-17-13-16(19-11-6-3)9-8-15(17)14-18-10-5-2/h4,8-9,13,18H,1,5-7,10-12,14H2,2-3H3. The van der Waals surface area contributed by atoms with E-state index in [0.29, 0.717) is 6.61 Å². The summed E-state index contributed by atoms with van der Waals surface area (Å²) < 4.78 is 11.5. The van der Waals surface area contributed by atoms with Crippen LogP contribution in [-0.4, -0.2) is 19.8 Å². The van der Waals surface area contributed by atoms with Crippen LogP contribution in [0, 0.1) is 0 Å². The summed E-state index contributed by atoms with van der Waals surface area (Å²) >= 11 is 0. The van der Waals surface area contributed by atoms with Crippen LogP contribution in [0.25, 0.3) is 0 Å². The van der Waals surface area contributed by atoms with Gasteiger partial charge in [-0.1, -0.05) is 26.0 Å². The van der Waals surface area contributed by atoms with E-state index in [1.165, 1.54) is 5.56 Å². The first kappa shape index (κ1) is 16.6. The van der Waals surface area contributed by atoms with E-state index in [2.05, 4.69) is 31.8 Å². The van der Waals surface area contributed by atoms with E-state index in [9.17, 15) is 0 Å². The molecule has 0 spiro atoms. The molecule has 0 aliphatic carbocycles. The van der Waals surface area contributed by atoms with Gasteiger partial charge < -0.3 is 14.8 Å². The van der Waals surface area contributed by atoms with Gasteiger partial charge in [-0.05, 0) is 31.9 Å². The Balaban J connectivity index is 2.70. The lowest BCUT2D eigenvalue weighted by atomic mass is 10.2. The summed E-state index contributed by atoms with van der Waals surface area (Å²) in [6, 6.07) is 6.08. The first-order valence-electron chi connectivity index (χ1n) is 7.52. The van der Waals surface area contributed by atoms with Crippen molar-refractivity contribution in [1.29, 1.82) is 0 Å². The van der Waals surface area contributed by atoms with E-state index >= 15 is 0 Å². The molecular weight excluding hydrogens is 250 g/mol. The molecule has 1 N–H and O–H groups in total. The van der Waals surface area contributed by atoms with Crippen molar-refractivity contribution in [2.75, 3.05) is 19.8 Å². The van der Waals surface area contributed by atoms with Crippen molar-refractivity contribution in [3.8, 4) is 11.5 Å². The summed E-state index contributed by atoms with van der Waals surface area (Å²) in [5, 5.41) is 3.40. The molecule has 0 aromatic heterocycles. The number of hydrogen-bond donors (Lipinski definition) is 1. The number of ether oxygens (including phenoxy) is 2. The van der Waals surface area contributed by atoms with Crippen LogP contribution in [0.5, 0.6) is 11.5 Å². The van der Waals surface area contributed by atoms with Crippen LogP contribution in [0.3, 0.4) is 0 Å². The molecule has 0 bridgehead atoms. The Morgan fingerprint density at radius 1 is 1.15 bits per heavy atom. The normalized spacial score (nSPS) is 10.3. The molecule has 112 valence electrons. The van der Waals surface area contributed by atoms with E-state index in [1.54, 1.807) is 0 Å². The fraction of sp³-hybridized carbons (Fsp3) is 0.529. The molecule has 0 heterocycles. The van der Waals surface area contributed by atoms with Crippen molar-refractivity contribution in [1.82, 2.24) is 5.32 Å². The second kappa shape index (κ2) is 10.3. The molecule has 1 aromatic rings. The van der Waals surface area contributed by atoms with E-state index < -0.39 is 0 Å². The first-order valence-corrected chi connectivity index (χ1v) is 7.52. The first-order chi connectivity index (χ1) is 9.81. The molecule has 1 rings (SSSR count). The maximum atomic E-state index is 5.84. The maximum Gasteiger partial charge on any atom is 0.127 e. The summed E-state index contributed by atoms with van der Waals surface area (Å²) in [4.78, 5) is 0. The zero-order chi connectivity index (χ0) is 14.6. The third-order valence-corrected chi connectivity index (χ3v) is 2.83. The average molecular weight is 277 g/mol. The minimum absolute atomic E-state index is 0.654. The molecule has 3 heteroatoms. The Bertz CT molecular complexity index is 391. The predicted octanol–water partition coefficient (Wildman–Crippen LogP) is 3.93. The largest absolute Gasteiger partial charge is 0.493 e. The van der Waals surface area contributed by atoms with Crippen LogP contribution in [0.2, 0.25) is 0 Å². The molecule has 20 heavy (non-hydrogen) atoms. The monoisotopic (exact) mass is 277 g/mol. The van der Waals surface area contributed by atoms with Gasteiger partial charge in [-0.3, -0.25) is 0 Å². The fourth-order valence-electron chi connectivity index (χ4n) is 1.78. The van der Waals surface area contributed by atoms with Gasteiger partial charge in [-0.25, -0.2) is 0 Å². The lowest BCUT2D eigenvalue weighted by Crippen LogP contribution is -2.15. The van der Waals surface area contributed by atoms with Crippen LogP contribution in [-0.2, 0) is 6.54 Å². The minimum atomic E-state index is 0.654. The van der Waals surface area contributed by atoms with Gasteiger partial charge >= 0.3 is 0 Å². The predicted molar refractivity (Wildman–Crippen MR) is 84.5 cm³/mol. The van der Waals surface area contributed by atoms with E-state index in [-0.39, 0.29) is 0 Å². The third kappa shape index (κ3) is 6.11. The quantitative estimate of drug-likeness (QED) is 0.491. The maximum absolute atomic E-state index is 5.84. The van der Waals surface area contributed by atoms with Crippen molar-refractivity contribution in [3.05, 3.63) is 36.4 Å². The smallest absolute Gasteiger partial charge is 0.127 e. The highest BCUT2D eigenvalue weighted by atomic mass is 16.5. The summed E-state index contributed by atoms with van der Waals surface area (Å²) in [6.07, 6.45) is 4.85. The summed E-state index contributed by atoms with van der Waals surface area (Å²) in [6.45, 7) is 11.2. The minimum Gasteiger partial charge on any atom is -0.493 e. The number of hydrogen-bond acceptors (Lipinski definition) is 3. The highest BCUT2D eigenvalue weighted by molar-refractivity contribution is 5.40. The van der Waals surface area contributed by atoms with Gasteiger partial charge in [0.2, 0.25) is 0 Å². The molecule has 0 saturated heterocycles. The average Bonchev–Trinajstić information content (AvgIpc) is 2.47. The Hall–Kier alpha value is -1.48. The van der Waals surface area contributed by atoms with Crippen molar-refractivity contribution in [2.45, 2.75) is 39.7 Å². The summed E-state index contributed by atoms with van der Waals surface area (Å²) in [5.41, 5.74) is 1.17. The van der Waals surface area contributed by atoms with Gasteiger partial charge in [0.1, 0.15) is 11.5 Å². The van der Waals surface area contributed by atoms with Gasteiger partial charge in [-0.15, -0.1) is 6.58 Å². The van der Waals surface area contributed by atoms with Crippen LogP contribution < -0.4 is 14.8 Å². The second-order valence-electron chi connectivity index (χ2n) is 4.72. The van der Waals surface area contributed by atoms with Crippen molar-refractivity contribution in [3.63, 3.8) is 0 Å². The molecule has 1 aromatic carbocycles. The van der Waals surface area contributed by atoms with Gasteiger partial charge in [0.15, 0.2) is 0 Å². The molecule has 3 nitrogen and oxygen atoms in total. The zero-order valence-electron chi connectivity index (χ0n) is 12.8. The number of rotatable bonds is 11. The summed E-state index contributed by atoms with van der Waals surface area (Å²) in [5.74, 6) is 1.78. The molecule has 0 atom stereocenters. The number of benzene rings is 1. The Labute approximate surface area is 123 Å². The Morgan fingerprint density at radius 2 is 2.00 bits per heavy atom. The number of nitrogens with one attached hydrogen (secondary N) is 1. The lowest BCUT2D eigenvalue weighted by molar-refractivity contribution is 0.302. The van der Waals surface area contributed by atoms with Gasteiger partial charge in [0.25, 0.3) is 0 Å². The third-order valence-electron chi connectivity index (χ3n) is 2.83. The zero-order valence-corrected chi connectivity index (χ0v) is 12.8.